The van der Waals surface area contributed by atoms with Crippen LogP contribution >= 0.6 is 0 Å². The molecule has 1 aliphatic rings. The van der Waals surface area contributed by atoms with Gasteiger partial charge in [-0.3, -0.25) is 0 Å². The summed E-state index contributed by atoms with van der Waals surface area (Å²) in [5, 5.41) is 15.4. The second-order valence-electron chi connectivity index (χ2n) is 10.3. The summed E-state index contributed by atoms with van der Waals surface area (Å²) in [6.45, 7) is 0.0262. The van der Waals surface area contributed by atoms with Gasteiger partial charge in [0, 0.05) is 22.9 Å². The number of benzene rings is 4. The standard InChI is InChI=1S/C33H28N4O/c34-33(18-5-19-33)26-16-14-25(15-17-26)31-28(23-6-2-1-3-7-23)20-37-32(35-31)30-27(8-4-9-29(30)36-37)24-12-10-22(21-38)11-13-24/h1-4,6-17,20,38H,5,18-19,21,34H2. The Hall–Kier alpha value is -4.32. The van der Waals surface area contributed by atoms with Crippen molar-refractivity contribution in [3.05, 3.63) is 114 Å². The average Bonchev–Trinajstić information content (AvgIpc) is 3.34. The molecule has 0 amide bonds. The fraction of sp³-hybridized carbons (Fsp3) is 0.152. The summed E-state index contributed by atoms with van der Waals surface area (Å²) in [6, 6.07) is 33.2. The van der Waals surface area contributed by atoms with E-state index in [4.69, 9.17) is 15.8 Å². The molecular formula is C33H28N4O. The zero-order valence-corrected chi connectivity index (χ0v) is 21.0. The Balaban J connectivity index is 1.45. The van der Waals surface area contributed by atoms with Crippen LogP contribution < -0.4 is 5.73 Å². The van der Waals surface area contributed by atoms with Gasteiger partial charge in [-0.1, -0.05) is 91.0 Å². The van der Waals surface area contributed by atoms with E-state index in [-0.39, 0.29) is 12.1 Å². The van der Waals surface area contributed by atoms with E-state index in [1.54, 1.807) is 0 Å². The minimum absolute atomic E-state index is 0.0262. The molecule has 1 aliphatic carbocycles. The number of hydrogen-bond donors (Lipinski definition) is 2. The first kappa shape index (κ1) is 22.8. The smallest absolute Gasteiger partial charge is 0.164 e. The Kier molecular flexibility index (Phi) is 5.36. The van der Waals surface area contributed by atoms with E-state index in [0.29, 0.717) is 0 Å². The van der Waals surface area contributed by atoms with E-state index in [1.807, 2.05) is 47.0 Å². The van der Waals surface area contributed by atoms with Crippen LogP contribution in [0, 0.1) is 0 Å². The molecule has 5 nitrogen and oxygen atoms in total. The van der Waals surface area contributed by atoms with Gasteiger partial charge in [-0.2, -0.15) is 5.10 Å². The summed E-state index contributed by atoms with van der Waals surface area (Å²) in [5.41, 5.74) is 16.4. The number of nitrogens with zero attached hydrogens (tertiary/aromatic N) is 3. The van der Waals surface area contributed by atoms with Gasteiger partial charge in [-0.15, -0.1) is 0 Å². The van der Waals surface area contributed by atoms with Gasteiger partial charge in [0.05, 0.1) is 23.2 Å². The molecule has 0 radical (unpaired) electrons. The Morgan fingerprint density at radius 2 is 1.47 bits per heavy atom. The maximum Gasteiger partial charge on any atom is 0.164 e. The SMILES string of the molecule is NC1(c2ccc(-c3nc4c5c(-c6ccc(CO)cc6)cccc5nn4cc3-c3ccccc3)cc2)CCC1. The summed E-state index contributed by atoms with van der Waals surface area (Å²) >= 11 is 0. The van der Waals surface area contributed by atoms with E-state index < -0.39 is 0 Å². The third-order valence-electron chi connectivity index (χ3n) is 7.93. The Labute approximate surface area is 221 Å². The lowest BCUT2D eigenvalue weighted by Crippen LogP contribution is -2.43. The maximum absolute atomic E-state index is 9.49. The molecule has 186 valence electrons. The van der Waals surface area contributed by atoms with Gasteiger partial charge in [0.25, 0.3) is 0 Å². The molecule has 1 fully saturated rings. The fourth-order valence-corrected chi connectivity index (χ4v) is 5.57. The highest BCUT2D eigenvalue weighted by molar-refractivity contribution is 6.04. The molecule has 0 saturated heterocycles. The van der Waals surface area contributed by atoms with Crippen molar-refractivity contribution >= 4 is 16.6 Å². The fourth-order valence-electron chi connectivity index (χ4n) is 5.57. The lowest BCUT2D eigenvalue weighted by molar-refractivity contribution is 0.253. The van der Waals surface area contributed by atoms with Crippen molar-refractivity contribution in [1.29, 1.82) is 0 Å². The minimum atomic E-state index is -0.194. The van der Waals surface area contributed by atoms with Crippen molar-refractivity contribution in [3.8, 4) is 33.5 Å². The van der Waals surface area contributed by atoms with Crippen molar-refractivity contribution < 1.29 is 5.11 Å². The van der Waals surface area contributed by atoms with Crippen LogP contribution in [0.1, 0.15) is 30.4 Å². The Morgan fingerprint density at radius 3 is 2.16 bits per heavy atom. The summed E-state index contributed by atoms with van der Waals surface area (Å²) in [5.74, 6) is 0. The Morgan fingerprint density at radius 1 is 0.763 bits per heavy atom. The topological polar surface area (TPSA) is 76.4 Å². The maximum atomic E-state index is 9.49. The minimum Gasteiger partial charge on any atom is -0.392 e. The largest absolute Gasteiger partial charge is 0.392 e. The molecule has 0 aliphatic heterocycles. The van der Waals surface area contributed by atoms with Gasteiger partial charge in [0.15, 0.2) is 5.65 Å². The second-order valence-corrected chi connectivity index (χ2v) is 10.3. The molecule has 38 heavy (non-hydrogen) atoms. The molecule has 6 aromatic rings. The molecule has 0 bridgehead atoms. The van der Waals surface area contributed by atoms with Gasteiger partial charge < -0.3 is 10.8 Å². The highest BCUT2D eigenvalue weighted by atomic mass is 16.3. The molecular weight excluding hydrogens is 468 g/mol. The van der Waals surface area contributed by atoms with E-state index in [2.05, 4.69) is 60.8 Å². The van der Waals surface area contributed by atoms with Crippen LogP contribution in [0.3, 0.4) is 0 Å². The van der Waals surface area contributed by atoms with Crippen LogP contribution in [0.5, 0.6) is 0 Å². The van der Waals surface area contributed by atoms with E-state index in [0.717, 1.165) is 68.5 Å². The molecule has 3 N–H and O–H groups in total. The van der Waals surface area contributed by atoms with Crippen molar-refractivity contribution in [1.82, 2.24) is 14.6 Å². The van der Waals surface area contributed by atoms with E-state index in [9.17, 15) is 5.11 Å². The summed E-state index contributed by atoms with van der Waals surface area (Å²) < 4.78 is 1.90. The molecule has 2 aromatic heterocycles. The number of fused-ring (bicyclic) bond motifs is 3. The van der Waals surface area contributed by atoms with Crippen molar-refractivity contribution in [2.24, 2.45) is 5.73 Å². The molecule has 5 heteroatoms. The predicted octanol–water partition coefficient (Wildman–Crippen LogP) is 6.71. The van der Waals surface area contributed by atoms with Crippen LogP contribution in [0.15, 0.2) is 103 Å². The first-order valence-electron chi connectivity index (χ1n) is 13.1. The number of aliphatic hydroxyl groups is 1. The molecule has 7 rings (SSSR count). The number of aliphatic hydroxyl groups excluding tert-OH is 1. The van der Waals surface area contributed by atoms with Crippen molar-refractivity contribution in [2.45, 2.75) is 31.4 Å². The summed E-state index contributed by atoms with van der Waals surface area (Å²) in [7, 11) is 0. The van der Waals surface area contributed by atoms with Crippen LogP contribution in [0.2, 0.25) is 0 Å². The van der Waals surface area contributed by atoms with Gasteiger partial charge >= 0.3 is 0 Å². The highest BCUT2D eigenvalue weighted by Gasteiger charge is 2.34. The summed E-state index contributed by atoms with van der Waals surface area (Å²) in [6.07, 6.45) is 5.36. The second kappa shape index (κ2) is 8.91. The van der Waals surface area contributed by atoms with Crippen molar-refractivity contribution in [3.63, 3.8) is 0 Å². The van der Waals surface area contributed by atoms with Crippen LogP contribution in [-0.2, 0) is 12.1 Å². The number of aromatic nitrogens is 3. The zero-order valence-electron chi connectivity index (χ0n) is 21.0. The number of hydrogen-bond acceptors (Lipinski definition) is 4. The van der Waals surface area contributed by atoms with E-state index >= 15 is 0 Å². The first-order valence-corrected chi connectivity index (χ1v) is 13.1. The van der Waals surface area contributed by atoms with Gasteiger partial charge in [-0.25, -0.2) is 9.50 Å². The molecule has 4 aromatic carbocycles. The van der Waals surface area contributed by atoms with Crippen LogP contribution in [0.25, 0.3) is 50.1 Å². The summed E-state index contributed by atoms with van der Waals surface area (Å²) in [4.78, 5) is 5.29. The lowest BCUT2D eigenvalue weighted by Gasteiger charge is -2.38. The van der Waals surface area contributed by atoms with Crippen molar-refractivity contribution in [2.75, 3.05) is 0 Å². The van der Waals surface area contributed by atoms with E-state index in [1.165, 1.54) is 12.0 Å². The monoisotopic (exact) mass is 496 g/mol. The van der Waals surface area contributed by atoms with Crippen LogP contribution in [0.4, 0.5) is 0 Å². The first-order chi connectivity index (χ1) is 18.6. The lowest BCUT2D eigenvalue weighted by atomic mass is 9.72. The van der Waals surface area contributed by atoms with Crippen LogP contribution in [-0.4, -0.2) is 19.7 Å². The predicted molar refractivity (Wildman–Crippen MR) is 152 cm³/mol. The van der Waals surface area contributed by atoms with Gasteiger partial charge in [0.1, 0.15) is 0 Å². The Bertz CT molecular complexity index is 1770. The third kappa shape index (κ3) is 3.71. The molecule has 0 atom stereocenters. The van der Waals surface area contributed by atoms with Gasteiger partial charge in [-0.05, 0) is 53.1 Å². The average molecular weight is 497 g/mol. The quantitative estimate of drug-likeness (QED) is 0.278. The molecule has 0 unspecified atom stereocenters. The zero-order chi connectivity index (χ0) is 25.7. The van der Waals surface area contributed by atoms with Gasteiger partial charge in [0.2, 0.25) is 0 Å². The molecule has 0 spiro atoms. The normalized spacial score (nSPS) is 14.6. The number of nitrogens with two attached hydrogens (primary N) is 1. The highest BCUT2D eigenvalue weighted by Crippen LogP contribution is 2.40. The molecule has 1 saturated carbocycles. The molecule has 2 heterocycles. The third-order valence-corrected chi connectivity index (χ3v) is 7.93. The number of rotatable bonds is 5.